The summed E-state index contributed by atoms with van der Waals surface area (Å²) in [5, 5.41) is 4.91. The molecule has 0 bridgehead atoms. The summed E-state index contributed by atoms with van der Waals surface area (Å²) in [5.41, 5.74) is 4.97. The van der Waals surface area contributed by atoms with Crippen LogP contribution in [0.4, 0.5) is 5.69 Å². The molecule has 1 aromatic heterocycles. The van der Waals surface area contributed by atoms with Crippen molar-refractivity contribution in [3.05, 3.63) is 50.7 Å². The predicted molar refractivity (Wildman–Crippen MR) is 77.7 cm³/mol. The van der Waals surface area contributed by atoms with Gasteiger partial charge >= 0.3 is 0 Å². The van der Waals surface area contributed by atoms with Crippen molar-refractivity contribution < 1.29 is 4.79 Å². The molecule has 2 rings (SSSR count). The van der Waals surface area contributed by atoms with E-state index in [-0.39, 0.29) is 5.91 Å². The van der Waals surface area contributed by atoms with Crippen LogP contribution in [0.2, 0.25) is 0 Å². The molecule has 0 aliphatic rings. The van der Waals surface area contributed by atoms with Gasteiger partial charge in [0.2, 0.25) is 0 Å². The van der Waals surface area contributed by atoms with Crippen LogP contribution in [0, 0.1) is 27.7 Å². The van der Waals surface area contributed by atoms with E-state index in [1.54, 1.807) is 11.3 Å². The van der Waals surface area contributed by atoms with Gasteiger partial charge in [0, 0.05) is 15.9 Å². The van der Waals surface area contributed by atoms with Crippen LogP contribution in [0.15, 0.2) is 23.6 Å². The highest BCUT2D eigenvalue weighted by Crippen LogP contribution is 2.23. The molecule has 0 aliphatic carbocycles. The molecule has 1 amide bonds. The van der Waals surface area contributed by atoms with Crippen LogP contribution in [0.25, 0.3) is 0 Å². The minimum Gasteiger partial charge on any atom is -0.322 e. The topological polar surface area (TPSA) is 29.1 Å². The number of anilines is 1. The molecule has 0 aliphatic heterocycles. The average molecular weight is 259 g/mol. The molecule has 18 heavy (non-hydrogen) atoms. The van der Waals surface area contributed by atoms with Crippen molar-refractivity contribution in [1.82, 2.24) is 0 Å². The number of aryl methyl sites for hydroxylation is 3. The summed E-state index contributed by atoms with van der Waals surface area (Å²) < 4.78 is 0. The first-order valence-corrected chi connectivity index (χ1v) is 6.80. The second-order valence-corrected chi connectivity index (χ2v) is 5.69. The number of nitrogens with one attached hydrogen (secondary N) is 1. The zero-order chi connectivity index (χ0) is 13.3. The van der Waals surface area contributed by atoms with E-state index in [9.17, 15) is 4.79 Å². The largest absolute Gasteiger partial charge is 0.322 e. The van der Waals surface area contributed by atoms with Crippen molar-refractivity contribution in [3.63, 3.8) is 0 Å². The molecule has 0 atom stereocenters. The van der Waals surface area contributed by atoms with Crippen molar-refractivity contribution in [2.24, 2.45) is 0 Å². The Balaban J connectivity index is 2.27. The lowest BCUT2D eigenvalue weighted by Crippen LogP contribution is -2.13. The van der Waals surface area contributed by atoms with Crippen molar-refractivity contribution >= 4 is 22.9 Å². The molecular weight excluding hydrogens is 242 g/mol. The summed E-state index contributed by atoms with van der Waals surface area (Å²) in [6, 6.07) is 6.07. The van der Waals surface area contributed by atoms with Gasteiger partial charge in [-0.1, -0.05) is 12.1 Å². The summed E-state index contributed by atoms with van der Waals surface area (Å²) in [6.45, 7) is 8.05. The first-order valence-electron chi connectivity index (χ1n) is 5.92. The van der Waals surface area contributed by atoms with E-state index in [2.05, 4.69) is 5.32 Å². The van der Waals surface area contributed by atoms with Crippen molar-refractivity contribution in [1.29, 1.82) is 0 Å². The van der Waals surface area contributed by atoms with Gasteiger partial charge in [0.25, 0.3) is 5.91 Å². The zero-order valence-electron chi connectivity index (χ0n) is 11.1. The van der Waals surface area contributed by atoms with Crippen LogP contribution in [-0.2, 0) is 0 Å². The molecule has 0 saturated carbocycles. The molecule has 0 saturated heterocycles. The Labute approximate surface area is 112 Å². The molecule has 0 unspecified atom stereocenters. The average Bonchev–Trinajstić information content (AvgIpc) is 2.65. The van der Waals surface area contributed by atoms with Crippen LogP contribution < -0.4 is 5.32 Å². The fraction of sp³-hybridized carbons (Fsp3) is 0.267. The van der Waals surface area contributed by atoms with E-state index in [1.807, 2.05) is 51.3 Å². The highest BCUT2D eigenvalue weighted by molar-refractivity contribution is 7.10. The number of carbonyl (C=O) groups excluding carboxylic acids is 1. The van der Waals surface area contributed by atoms with Crippen LogP contribution in [-0.4, -0.2) is 5.91 Å². The molecule has 2 nitrogen and oxygen atoms in total. The molecular formula is C15H17NOS. The maximum absolute atomic E-state index is 12.2. The minimum atomic E-state index is -0.0226. The highest BCUT2D eigenvalue weighted by Gasteiger charge is 2.13. The lowest BCUT2D eigenvalue weighted by Gasteiger charge is -2.09. The third-order valence-electron chi connectivity index (χ3n) is 3.17. The lowest BCUT2D eigenvalue weighted by molar-refractivity contribution is 0.102. The van der Waals surface area contributed by atoms with Crippen LogP contribution >= 0.6 is 11.3 Å². The Bertz CT molecular complexity index is 599. The number of rotatable bonds is 2. The molecule has 1 N–H and O–H groups in total. The second kappa shape index (κ2) is 4.94. The normalized spacial score (nSPS) is 10.4. The number of benzene rings is 1. The van der Waals surface area contributed by atoms with Crippen LogP contribution in [0.3, 0.4) is 0 Å². The standard InChI is InChI=1S/C15H17NOS/c1-9-5-6-10(2)14(7-9)16-15(17)13-8-18-12(4)11(13)3/h5-8H,1-4H3,(H,16,17). The van der Waals surface area contributed by atoms with E-state index in [0.29, 0.717) is 0 Å². The molecule has 0 fully saturated rings. The number of amides is 1. The molecule has 0 radical (unpaired) electrons. The quantitative estimate of drug-likeness (QED) is 0.859. The molecule has 1 heterocycles. The van der Waals surface area contributed by atoms with Gasteiger partial charge in [-0.05, 0) is 50.5 Å². The first-order chi connectivity index (χ1) is 8.49. The van der Waals surface area contributed by atoms with Crippen molar-refractivity contribution in [3.8, 4) is 0 Å². The molecule has 3 heteroatoms. The molecule has 0 spiro atoms. The van der Waals surface area contributed by atoms with Gasteiger partial charge in [-0.2, -0.15) is 0 Å². The van der Waals surface area contributed by atoms with Gasteiger partial charge in [-0.15, -0.1) is 11.3 Å². The van der Waals surface area contributed by atoms with E-state index in [4.69, 9.17) is 0 Å². The van der Waals surface area contributed by atoms with E-state index < -0.39 is 0 Å². The Morgan fingerprint density at radius 3 is 2.50 bits per heavy atom. The van der Waals surface area contributed by atoms with Crippen molar-refractivity contribution in [2.75, 3.05) is 5.32 Å². The minimum absolute atomic E-state index is 0.0226. The Morgan fingerprint density at radius 2 is 1.89 bits per heavy atom. The first kappa shape index (κ1) is 12.8. The van der Waals surface area contributed by atoms with E-state index in [1.165, 1.54) is 4.88 Å². The smallest absolute Gasteiger partial charge is 0.256 e. The molecule has 94 valence electrons. The summed E-state index contributed by atoms with van der Waals surface area (Å²) in [5.74, 6) is -0.0226. The number of hydrogen-bond acceptors (Lipinski definition) is 2. The van der Waals surface area contributed by atoms with Crippen molar-refractivity contribution in [2.45, 2.75) is 27.7 Å². The maximum atomic E-state index is 12.2. The molecule has 1 aromatic carbocycles. The number of thiophene rings is 1. The number of hydrogen-bond donors (Lipinski definition) is 1. The van der Waals surface area contributed by atoms with Gasteiger partial charge < -0.3 is 5.32 Å². The van der Waals surface area contributed by atoms with Crippen LogP contribution in [0.5, 0.6) is 0 Å². The Kier molecular flexibility index (Phi) is 3.53. The summed E-state index contributed by atoms with van der Waals surface area (Å²) >= 11 is 1.62. The summed E-state index contributed by atoms with van der Waals surface area (Å²) in [4.78, 5) is 13.4. The van der Waals surface area contributed by atoms with E-state index >= 15 is 0 Å². The van der Waals surface area contributed by atoms with Gasteiger partial charge in [0.15, 0.2) is 0 Å². The third kappa shape index (κ3) is 2.46. The van der Waals surface area contributed by atoms with Gasteiger partial charge in [-0.3, -0.25) is 4.79 Å². The monoisotopic (exact) mass is 259 g/mol. The fourth-order valence-electron chi connectivity index (χ4n) is 1.80. The summed E-state index contributed by atoms with van der Waals surface area (Å²) in [7, 11) is 0. The third-order valence-corrected chi connectivity index (χ3v) is 4.18. The Morgan fingerprint density at radius 1 is 1.17 bits per heavy atom. The van der Waals surface area contributed by atoms with E-state index in [0.717, 1.165) is 27.9 Å². The SMILES string of the molecule is Cc1ccc(C)c(NC(=O)c2csc(C)c2C)c1. The summed E-state index contributed by atoms with van der Waals surface area (Å²) in [6.07, 6.45) is 0. The van der Waals surface area contributed by atoms with Gasteiger partial charge in [-0.25, -0.2) is 0 Å². The second-order valence-electron chi connectivity index (χ2n) is 4.60. The maximum Gasteiger partial charge on any atom is 0.256 e. The fourth-order valence-corrected chi connectivity index (χ4v) is 2.66. The predicted octanol–water partition coefficient (Wildman–Crippen LogP) is 4.23. The van der Waals surface area contributed by atoms with Crippen LogP contribution in [0.1, 0.15) is 31.9 Å². The Hall–Kier alpha value is -1.61. The lowest BCUT2D eigenvalue weighted by atomic mass is 10.1. The molecule has 2 aromatic rings. The van der Waals surface area contributed by atoms with Gasteiger partial charge in [0.05, 0.1) is 5.56 Å². The number of carbonyl (C=O) groups is 1. The highest BCUT2D eigenvalue weighted by atomic mass is 32.1. The zero-order valence-corrected chi connectivity index (χ0v) is 11.9. The van der Waals surface area contributed by atoms with Gasteiger partial charge in [0.1, 0.15) is 0 Å².